The van der Waals surface area contributed by atoms with Gasteiger partial charge in [-0.3, -0.25) is 33.6 Å². The molecular formula is C54H95N7O8S. The summed E-state index contributed by atoms with van der Waals surface area (Å²) in [5.74, 6) is -3.30. The van der Waals surface area contributed by atoms with Gasteiger partial charge in [0.05, 0.1) is 6.54 Å². The van der Waals surface area contributed by atoms with Crippen molar-refractivity contribution in [3.05, 3.63) is 29.8 Å². The standard InChI is InChI=1S/C54H95N7O8S/c1-5-7-9-11-13-15-17-18-19-21-22-24-26-28-30-44(58-49(64)31-29-27-25-23-20-16-14-12-10-8-6-2)53(68)61-46(38-39-70-4)52(67)57-41-50(65)59-47(40-42-32-34-43(62)35-33-42)54(69)60-45(51(66)56-3)36-37-48(55)63/h32-35,44-47,62H,5-31,36-41H2,1-4H3,(H2,55,63)(H,56,66)(H,57,67)(H,58,64)(H,59,65)(H,60,69)(H,61,68)/t44?,45-,46?,47-/m0/s1. The molecule has 4 atom stereocenters. The zero-order chi connectivity index (χ0) is 51.6. The van der Waals surface area contributed by atoms with Crippen molar-refractivity contribution in [1.82, 2.24) is 31.9 Å². The maximum atomic E-state index is 14.0. The van der Waals surface area contributed by atoms with Gasteiger partial charge in [0.15, 0.2) is 0 Å². The Morgan fingerprint density at radius 3 is 1.40 bits per heavy atom. The summed E-state index contributed by atoms with van der Waals surface area (Å²) in [4.78, 5) is 92.0. The number of primary amides is 1. The van der Waals surface area contributed by atoms with E-state index in [1.54, 1.807) is 12.1 Å². The van der Waals surface area contributed by atoms with Crippen LogP contribution in [0.25, 0.3) is 0 Å². The lowest BCUT2D eigenvalue weighted by atomic mass is 10.0. The van der Waals surface area contributed by atoms with Crippen LogP contribution in [0.3, 0.4) is 0 Å². The fourth-order valence-corrected chi connectivity index (χ4v) is 8.89. The smallest absolute Gasteiger partial charge is 0.243 e. The van der Waals surface area contributed by atoms with E-state index in [2.05, 4.69) is 45.7 Å². The predicted octanol–water partition coefficient (Wildman–Crippen LogP) is 8.33. The molecular weight excluding hydrogens is 907 g/mol. The molecule has 1 aromatic carbocycles. The van der Waals surface area contributed by atoms with Gasteiger partial charge in [-0.1, -0.05) is 180 Å². The highest BCUT2D eigenvalue weighted by Crippen LogP contribution is 2.16. The molecule has 0 bridgehead atoms. The van der Waals surface area contributed by atoms with Crippen LogP contribution >= 0.6 is 11.8 Å². The number of hydrogen-bond donors (Lipinski definition) is 8. The van der Waals surface area contributed by atoms with Gasteiger partial charge >= 0.3 is 0 Å². The van der Waals surface area contributed by atoms with E-state index in [9.17, 15) is 38.7 Å². The predicted molar refractivity (Wildman–Crippen MR) is 284 cm³/mol. The van der Waals surface area contributed by atoms with Crippen molar-refractivity contribution >= 4 is 53.1 Å². The number of carbonyl (C=O) groups excluding carboxylic acids is 7. The first-order valence-electron chi connectivity index (χ1n) is 27.1. The van der Waals surface area contributed by atoms with E-state index in [-0.39, 0.29) is 37.3 Å². The zero-order valence-corrected chi connectivity index (χ0v) is 44.6. The Bertz CT molecular complexity index is 1600. The average Bonchev–Trinajstić information content (AvgIpc) is 3.34. The van der Waals surface area contributed by atoms with Crippen LogP contribution < -0.4 is 37.6 Å². The van der Waals surface area contributed by atoms with E-state index in [0.29, 0.717) is 24.2 Å². The molecule has 0 saturated carbocycles. The lowest BCUT2D eigenvalue weighted by molar-refractivity contribution is -0.133. The van der Waals surface area contributed by atoms with Crippen molar-refractivity contribution in [2.75, 3.05) is 25.6 Å². The van der Waals surface area contributed by atoms with Crippen molar-refractivity contribution < 1.29 is 38.7 Å². The van der Waals surface area contributed by atoms with Crippen molar-refractivity contribution in [1.29, 1.82) is 0 Å². The monoisotopic (exact) mass is 1000 g/mol. The van der Waals surface area contributed by atoms with Crippen LogP contribution in [0.4, 0.5) is 0 Å². The molecule has 15 nitrogen and oxygen atoms in total. The molecule has 0 aliphatic heterocycles. The number of aromatic hydroxyl groups is 1. The van der Waals surface area contributed by atoms with Crippen molar-refractivity contribution in [3.63, 3.8) is 0 Å². The van der Waals surface area contributed by atoms with E-state index >= 15 is 0 Å². The van der Waals surface area contributed by atoms with Crippen LogP contribution in [0.2, 0.25) is 0 Å². The second kappa shape index (κ2) is 42.4. The number of rotatable bonds is 45. The largest absolute Gasteiger partial charge is 0.508 e. The maximum Gasteiger partial charge on any atom is 0.243 e. The summed E-state index contributed by atoms with van der Waals surface area (Å²) < 4.78 is 0. The first kappa shape index (κ1) is 63.7. The number of carbonyl (C=O) groups is 7. The topological polar surface area (TPSA) is 238 Å². The van der Waals surface area contributed by atoms with E-state index in [4.69, 9.17) is 5.73 Å². The molecule has 0 saturated heterocycles. The second-order valence-corrected chi connectivity index (χ2v) is 20.0. The van der Waals surface area contributed by atoms with Gasteiger partial charge in [0.25, 0.3) is 0 Å². The number of unbranched alkanes of at least 4 members (excludes halogenated alkanes) is 23. The molecule has 0 heterocycles. The Kier molecular flexibility index (Phi) is 38.5. The number of phenolic OH excluding ortho intramolecular Hbond substituents is 1. The van der Waals surface area contributed by atoms with Gasteiger partial charge in [-0.15, -0.1) is 0 Å². The van der Waals surface area contributed by atoms with Crippen LogP contribution in [0.1, 0.15) is 212 Å². The summed E-state index contributed by atoms with van der Waals surface area (Å²) in [5.41, 5.74) is 5.88. The fraction of sp³-hybridized carbons (Fsp3) is 0.759. The molecule has 9 N–H and O–H groups in total. The molecule has 7 amide bonds. The summed E-state index contributed by atoms with van der Waals surface area (Å²) in [6, 6.07) is 1.90. The summed E-state index contributed by atoms with van der Waals surface area (Å²) in [5, 5.41) is 26.0. The van der Waals surface area contributed by atoms with Gasteiger partial charge in [-0.2, -0.15) is 11.8 Å². The quantitative estimate of drug-likeness (QED) is 0.0293. The van der Waals surface area contributed by atoms with Gasteiger partial charge in [0.1, 0.15) is 29.9 Å². The molecule has 0 spiro atoms. The number of phenols is 1. The van der Waals surface area contributed by atoms with E-state index in [1.807, 2.05) is 6.26 Å². The lowest BCUT2D eigenvalue weighted by Gasteiger charge is -2.24. The third-order valence-electron chi connectivity index (χ3n) is 12.8. The molecule has 16 heteroatoms. The van der Waals surface area contributed by atoms with Crippen molar-refractivity contribution in [2.45, 2.75) is 237 Å². The first-order valence-corrected chi connectivity index (χ1v) is 28.5. The number of hydrogen-bond acceptors (Lipinski definition) is 9. The van der Waals surface area contributed by atoms with Crippen LogP contribution in [0.15, 0.2) is 24.3 Å². The summed E-state index contributed by atoms with van der Waals surface area (Å²) in [6.45, 7) is 3.95. The molecule has 0 fully saturated rings. The summed E-state index contributed by atoms with van der Waals surface area (Å²) in [7, 11) is 1.39. The van der Waals surface area contributed by atoms with Crippen LogP contribution in [-0.2, 0) is 40.0 Å². The maximum absolute atomic E-state index is 14.0. The van der Waals surface area contributed by atoms with Crippen LogP contribution in [-0.4, -0.2) is 96.2 Å². The summed E-state index contributed by atoms with van der Waals surface area (Å²) >= 11 is 1.50. The minimum Gasteiger partial charge on any atom is -0.508 e. The van der Waals surface area contributed by atoms with Gasteiger partial charge in [-0.05, 0) is 55.4 Å². The second-order valence-electron chi connectivity index (χ2n) is 19.0. The molecule has 400 valence electrons. The molecule has 0 aliphatic carbocycles. The van der Waals surface area contributed by atoms with Crippen molar-refractivity contribution in [3.8, 4) is 5.75 Å². The summed E-state index contributed by atoms with van der Waals surface area (Å²) in [6.07, 6.45) is 32.4. The third kappa shape index (κ3) is 33.3. The number of likely N-dealkylation sites (N-methyl/N-ethyl adjacent to an activating group) is 1. The molecule has 1 rings (SSSR count). The third-order valence-corrected chi connectivity index (χ3v) is 13.4. The Labute approximate surface area is 426 Å². The average molecular weight is 1000 g/mol. The van der Waals surface area contributed by atoms with Gasteiger partial charge in [0.2, 0.25) is 41.4 Å². The highest BCUT2D eigenvalue weighted by molar-refractivity contribution is 7.98. The molecule has 0 radical (unpaired) electrons. The molecule has 70 heavy (non-hydrogen) atoms. The Balaban J connectivity index is 2.94. The van der Waals surface area contributed by atoms with Gasteiger partial charge in [0, 0.05) is 26.3 Å². The molecule has 1 aromatic rings. The first-order chi connectivity index (χ1) is 33.8. The fourth-order valence-electron chi connectivity index (χ4n) is 8.42. The molecule has 0 aromatic heterocycles. The number of nitrogens with two attached hydrogens (primary N) is 1. The minimum atomic E-state index is -1.22. The minimum absolute atomic E-state index is 0.00820. The highest BCUT2D eigenvalue weighted by atomic mass is 32.2. The SMILES string of the molecule is CCCCCCCCCCCCCCCCC(NC(=O)CCCCCCCCCCCCC)C(=O)NC(CCSC)C(=O)NCC(=O)N[C@@H](Cc1ccc(O)cc1)C(=O)N[C@@H](CCC(N)=O)C(=O)NC. The number of benzene rings is 1. The van der Waals surface area contributed by atoms with Gasteiger partial charge in [-0.25, -0.2) is 0 Å². The number of thioether (sulfide) groups is 1. The Hall–Kier alpha value is -4.34. The highest BCUT2D eigenvalue weighted by Gasteiger charge is 2.29. The van der Waals surface area contributed by atoms with Crippen LogP contribution in [0, 0.1) is 0 Å². The van der Waals surface area contributed by atoms with E-state index in [1.165, 1.54) is 140 Å². The lowest BCUT2D eigenvalue weighted by Crippen LogP contribution is -2.56. The van der Waals surface area contributed by atoms with Crippen LogP contribution in [0.5, 0.6) is 5.75 Å². The number of nitrogens with one attached hydrogen (secondary N) is 6. The Morgan fingerprint density at radius 1 is 0.500 bits per heavy atom. The zero-order valence-electron chi connectivity index (χ0n) is 43.7. The molecule has 2 unspecified atom stereocenters. The van der Waals surface area contributed by atoms with E-state index < -0.39 is 66.2 Å². The normalized spacial score (nSPS) is 12.8. The Morgan fingerprint density at radius 2 is 0.929 bits per heavy atom. The van der Waals surface area contributed by atoms with Crippen molar-refractivity contribution in [2.24, 2.45) is 5.73 Å². The van der Waals surface area contributed by atoms with Gasteiger partial charge < -0.3 is 42.7 Å². The van der Waals surface area contributed by atoms with E-state index in [0.717, 1.165) is 51.4 Å². The number of amides is 7. The molecule has 0 aliphatic rings.